The van der Waals surface area contributed by atoms with Gasteiger partial charge in [0.2, 0.25) is 0 Å². The molecule has 0 amide bonds. The molecule has 9 unspecified atom stereocenters. The number of hydrogen-bond acceptors (Lipinski definition) is 4. The van der Waals surface area contributed by atoms with Gasteiger partial charge in [-0.3, -0.25) is 0 Å². The van der Waals surface area contributed by atoms with E-state index in [1.807, 2.05) is 0 Å². The van der Waals surface area contributed by atoms with Gasteiger partial charge in [0.05, 0.1) is 0 Å². The highest BCUT2D eigenvalue weighted by atomic mass is 32.2. The molecule has 378 valence electrons. The molecule has 0 radical (unpaired) electrons. The molecule has 4 saturated carbocycles. The minimum atomic E-state index is 0.655. The molecule has 3 saturated heterocycles. The Kier molecular flexibility index (Phi) is 26.5. The second-order valence-corrected chi connectivity index (χ2v) is 30.1. The van der Waals surface area contributed by atoms with Crippen molar-refractivity contribution in [2.24, 2.45) is 29.1 Å². The number of rotatable bonds is 40. The molecular formula is C61H110S4. The van der Waals surface area contributed by atoms with Gasteiger partial charge < -0.3 is 0 Å². The Morgan fingerprint density at radius 3 is 0.800 bits per heavy atom. The Morgan fingerprint density at radius 1 is 0.262 bits per heavy atom. The number of hydrogen-bond donors (Lipinski definition) is 1. The van der Waals surface area contributed by atoms with Crippen molar-refractivity contribution in [2.75, 3.05) is 0 Å². The number of thioether (sulfide) groups is 3. The van der Waals surface area contributed by atoms with Gasteiger partial charge in [0.15, 0.2) is 0 Å². The van der Waals surface area contributed by atoms with Gasteiger partial charge in [0, 0.05) is 36.7 Å². The SMILES string of the molecule is SC1CCC(CCCCCCCCCC(CCCCCCCCCC2CCC3SC3C2)(CCCCCCCCCC2CCC3SC3C2)CCCCCCCCCC2CCC3SC3C2)CC1. The molecule has 0 spiro atoms. The normalized spacial score (nSPS) is 32.4. The van der Waals surface area contributed by atoms with Crippen LogP contribution in [-0.2, 0) is 0 Å². The van der Waals surface area contributed by atoms with Crippen molar-refractivity contribution in [2.45, 2.75) is 351 Å². The van der Waals surface area contributed by atoms with E-state index in [1.54, 1.807) is 103 Å². The highest BCUT2D eigenvalue weighted by Crippen LogP contribution is 2.55. The van der Waals surface area contributed by atoms with Crippen molar-refractivity contribution in [1.82, 2.24) is 0 Å². The van der Waals surface area contributed by atoms with E-state index < -0.39 is 0 Å². The molecule has 0 aromatic carbocycles. The minimum Gasteiger partial charge on any atom is -0.176 e. The minimum absolute atomic E-state index is 0.655. The van der Waals surface area contributed by atoms with Crippen LogP contribution in [0.4, 0.5) is 0 Å². The molecule has 3 heterocycles. The third kappa shape index (κ3) is 22.4. The van der Waals surface area contributed by atoms with Crippen molar-refractivity contribution < 1.29 is 0 Å². The molecule has 0 nitrogen and oxygen atoms in total. The summed E-state index contributed by atoms with van der Waals surface area (Å²) in [5, 5.41) is 7.20. The summed E-state index contributed by atoms with van der Waals surface area (Å²) in [6, 6.07) is 0. The van der Waals surface area contributed by atoms with Gasteiger partial charge in [-0.15, -0.1) is 0 Å². The third-order valence-corrected chi connectivity index (χ3v) is 24.4. The smallest absolute Gasteiger partial charge is 0.0172 e. The topological polar surface area (TPSA) is 0 Å². The molecule has 3 aliphatic heterocycles. The molecule has 0 N–H and O–H groups in total. The Morgan fingerprint density at radius 2 is 0.508 bits per heavy atom. The summed E-state index contributed by atoms with van der Waals surface area (Å²) in [7, 11) is 0. The Hall–Kier alpha value is 1.40. The first kappa shape index (κ1) is 54.2. The molecule has 0 bridgehead atoms. The number of unbranched alkanes of at least 4 members (excludes halogenated alkanes) is 24. The lowest BCUT2D eigenvalue weighted by atomic mass is 9.70. The van der Waals surface area contributed by atoms with E-state index in [-0.39, 0.29) is 0 Å². The highest BCUT2D eigenvalue weighted by molar-refractivity contribution is 8.08. The van der Waals surface area contributed by atoms with Crippen LogP contribution in [0.5, 0.6) is 0 Å². The van der Waals surface area contributed by atoms with Gasteiger partial charge in [0.1, 0.15) is 0 Å². The molecule has 4 heteroatoms. The zero-order valence-corrected chi connectivity index (χ0v) is 46.5. The van der Waals surface area contributed by atoms with E-state index >= 15 is 0 Å². The lowest BCUT2D eigenvalue weighted by Crippen LogP contribution is -2.21. The average molecular weight is 972 g/mol. The van der Waals surface area contributed by atoms with Gasteiger partial charge in [-0.1, -0.05) is 205 Å². The first-order valence-corrected chi connectivity index (χ1v) is 34.1. The summed E-state index contributed by atoms with van der Waals surface area (Å²) in [6.45, 7) is 0. The maximum absolute atomic E-state index is 4.74. The predicted molar refractivity (Wildman–Crippen MR) is 301 cm³/mol. The number of thiol groups is 1. The Bertz CT molecular complexity index is 1080. The molecule has 65 heavy (non-hydrogen) atoms. The summed E-state index contributed by atoms with van der Waals surface area (Å²) in [4.78, 5) is 0. The van der Waals surface area contributed by atoms with Crippen LogP contribution in [0, 0.1) is 29.1 Å². The van der Waals surface area contributed by atoms with Gasteiger partial charge in [-0.05, 0) is 138 Å². The second-order valence-electron chi connectivity index (χ2n) is 24.9. The lowest BCUT2D eigenvalue weighted by Gasteiger charge is -2.35. The second kappa shape index (κ2) is 31.8. The van der Waals surface area contributed by atoms with Crippen LogP contribution in [0.2, 0.25) is 0 Å². The monoisotopic (exact) mass is 971 g/mol. The highest BCUT2D eigenvalue weighted by Gasteiger charge is 2.44. The molecule has 7 fully saturated rings. The molecule has 0 aromatic rings. The van der Waals surface area contributed by atoms with Crippen LogP contribution < -0.4 is 0 Å². The van der Waals surface area contributed by atoms with Crippen LogP contribution >= 0.6 is 47.9 Å². The van der Waals surface area contributed by atoms with Gasteiger partial charge in [0.25, 0.3) is 0 Å². The summed E-state index contributed by atoms with van der Waals surface area (Å²) in [5.41, 5.74) is 0.655. The summed E-state index contributed by atoms with van der Waals surface area (Å²) < 4.78 is 0. The van der Waals surface area contributed by atoms with Crippen LogP contribution in [0.25, 0.3) is 0 Å². The van der Waals surface area contributed by atoms with Crippen molar-refractivity contribution in [3.05, 3.63) is 0 Å². The first-order chi connectivity index (χ1) is 32.1. The zero-order chi connectivity index (χ0) is 44.6. The number of fused-ring (bicyclic) bond motifs is 3. The van der Waals surface area contributed by atoms with Crippen molar-refractivity contribution in [1.29, 1.82) is 0 Å². The summed E-state index contributed by atoms with van der Waals surface area (Å²) in [6.07, 6.45) is 74.4. The van der Waals surface area contributed by atoms with Crippen LogP contribution in [0.15, 0.2) is 0 Å². The standard InChI is InChI=1S/C61H110S4/c62-54-38-33-50(34-39-54)29-21-13-5-1-9-17-25-43-61(44-26-18-10-2-6-14-22-30-51-35-40-55-58(47-51)63-55,45-27-19-11-3-7-15-23-31-52-36-41-56-59(48-52)64-56)46-28-20-12-4-8-16-24-32-53-37-42-57-60(49-53)65-57/h50-60,62H,1-49H2. The Balaban J connectivity index is 0.788. The Labute approximate surface area is 425 Å². The fourth-order valence-electron chi connectivity index (χ4n) is 14.7. The fourth-order valence-corrected chi connectivity index (χ4v) is 18.8. The third-order valence-electron chi connectivity index (χ3n) is 19.4. The summed E-state index contributed by atoms with van der Waals surface area (Å²) >= 11 is 11.6. The molecule has 7 aliphatic rings. The van der Waals surface area contributed by atoms with Gasteiger partial charge in [-0.25, -0.2) is 0 Å². The maximum Gasteiger partial charge on any atom is 0.0172 e. The van der Waals surface area contributed by atoms with E-state index in [1.165, 1.54) is 212 Å². The van der Waals surface area contributed by atoms with Crippen LogP contribution in [0.3, 0.4) is 0 Å². The van der Waals surface area contributed by atoms with Gasteiger partial charge >= 0.3 is 0 Å². The molecular weight excluding hydrogens is 861 g/mol. The van der Waals surface area contributed by atoms with E-state index in [0.717, 1.165) is 55.2 Å². The summed E-state index contributed by atoms with van der Waals surface area (Å²) in [5.74, 6) is 4.27. The zero-order valence-electron chi connectivity index (χ0n) is 43.2. The van der Waals surface area contributed by atoms with Gasteiger partial charge in [-0.2, -0.15) is 47.9 Å². The lowest BCUT2D eigenvalue weighted by molar-refractivity contribution is 0.171. The molecule has 0 aromatic heterocycles. The van der Waals surface area contributed by atoms with Crippen molar-refractivity contribution >= 4 is 47.9 Å². The van der Waals surface area contributed by atoms with E-state index in [2.05, 4.69) is 35.3 Å². The first-order valence-electron chi connectivity index (χ1n) is 30.8. The van der Waals surface area contributed by atoms with Crippen molar-refractivity contribution in [3.8, 4) is 0 Å². The van der Waals surface area contributed by atoms with E-state index in [4.69, 9.17) is 12.6 Å². The molecule has 4 aliphatic carbocycles. The van der Waals surface area contributed by atoms with Crippen molar-refractivity contribution in [3.63, 3.8) is 0 Å². The van der Waals surface area contributed by atoms with E-state index in [9.17, 15) is 0 Å². The molecule has 9 atom stereocenters. The van der Waals surface area contributed by atoms with Crippen LogP contribution in [-0.4, -0.2) is 36.7 Å². The maximum atomic E-state index is 4.74. The van der Waals surface area contributed by atoms with Crippen LogP contribution in [0.1, 0.15) is 315 Å². The predicted octanol–water partition coefficient (Wildman–Crippen LogP) is 21.4. The largest absolute Gasteiger partial charge is 0.176 e. The quantitative estimate of drug-likeness (QED) is 0.0369. The average Bonchev–Trinajstić information content (AvgIpc) is 4.23. The van der Waals surface area contributed by atoms with E-state index in [0.29, 0.717) is 10.7 Å². The fraction of sp³-hybridized carbons (Fsp3) is 1.00. The molecule has 7 rings (SSSR count).